The molecule has 6 heteroatoms. The summed E-state index contributed by atoms with van der Waals surface area (Å²) in [6.45, 7) is 0. The van der Waals surface area contributed by atoms with Gasteiger partial charge >= 0.3 is 0 Å². The lowest BCUT2D eigenvalue weighted by Gasteiger charge is -2.08. The van der Waals surface area contributed by atoms with E-state index in [0.717, 1.165) is 16.9 Å². The number of benzene rings is 1. The van der Waals surface area contributed by atoms with Crippen LogP contribution in [-0.4, -0.2) is 15.9 Å². The van der Waals surface area contributed by atoms with Crippen LogP contribution in [0.4, 0.5) is 17.2 Å². The number of anilines is 3. The first-order valence-electron chi connectivity index (χ1n) is 5.38. The van der Waals surface area contributed by atoms with Crippen molar-refractivity contribution in [1.82, 2.24) is 9.97 Å². The van der Waals surface area contributed by atoms with Crippen molar-refractivity contribution in [2.75, 3.05) is 10.6 Å². The smallest absolute Gasteiger partial charge is 0.228 e. The first kappa shape index (κ1) is 11.0. The number of nitrogens with one attached hydrogen (secondary N) is 2. The van der Waals surface area contributed by atoms with Crippen molar-refractivity contribution in [3.05, 3.63) is 41.3 Å². The van der Waals surface area contributed by atoms with Gasteiger partial charge in [0.05, 0.1) is 12.6 Å². The van der Waals surface area contributed by atoms with Crippen molar-refractivity contribution in [3.63, 3.8) is 0 Å². The van der Waals surface area contributed by atoms with Gasteiger partial charge in [0, 0.05) is 11.4 Å². The molecule has 1 aromatic carbocycles. The van der Waals surface area contributed by atoms with Crippen LogP contribution in [0.2, 0.25) is 5.02 Å². The van der Waals surface area contributed by atoms with Crippen molar-refractivity contribution in [2.24, 2.45) is 0 Å². The van der Waals surface area contributed by atoms with Gasteiger partial charge < -0.3 is 10.6 Å². The number of hydrogen-bond donors (Lipinski definition) is 2. The number of rotatable bonds is 2. The highest BCUT2D eigenvalue weighted by Crippen LogP contribution is 2.28. The molecule has 0 unspecified atom stereocenters. The second-order valence-corrected chi connectivity index (χ2v) is 4.35. The van der Waals surface area contributed by atoms with Crippen LogP contribution in [0.1, 0.15) is 5.56 Å². The fraction of sp³-hybridized carbons (Fsp3) is 0.0833. The van der Waals surface area contributed by atoms with E-state index in [-0.39, 0.29) is 5.91 Å². The third kappa shape index (κ3) is 2.00. The molecule has 0 atom stereocenters. The first-order valence-corrected chi connectivity index (χ1v) is 5.75. The van der Waals surface area contributed by atoms with E-state index in [1.54, 1.807) is 0 Å². The van der Waals surface area contributed by atoms with Gasteiger partial charge in [-0.05, 0) is 23.8 Å². The number of nitrogens with zero attached hydrogens (tertiary/aromatic N) is 2. The summed E-state index contributed by atoms with van der Waals surface area (Å²) in [7, 11) is 0. The number of fused-ring (bicyclic) bond motifs is 1. The maximum Gasteiger partial charge on any atom is 0.228 e. The molecule has 2 N–H and O–H groups in total. The lowest BCUT2D eigenvalue weighted by atomic mass is 10.1. The van der Waals surface area contributed by atoms with Crippen LogP contribution >= 0.6 is 11.6 Å². The molecule has 0 radical (unpaired) electrons. The molecule has 5 nitrogen and oxygen atoms in total. The molecular formula is C12H9ClN4O. The Morgan fingerprint density at radius 2 is 2.28 bits per heavy atom. The first-order chi connectivity index (χ1) is 8.72. The van der Waals surface area contributed by atoms with Crippen molar-refractivity contribution < 1.29 is 4.79 Å². The largest absolute Gasteiger partial charge is 0.339 e. The molecular weight excluding hydrogens is 252 g/mol. The highest BCUT2D eigenvalue weighted by Gasteiger charge is 2.17. The molecule has 0 spiro atoms. The van der Waals surface area contributed by atoms with Crippen LogP contribution in [-0.2, 0) is 11.2 Å². The quantitative estimate of drug-likeness (QED) is 0.870. The molecule has 0 aliphatic carbocycles. The van der Waals surface area contributed by atoms with E-state index in [1.165, 1.54) is 12.5 Å². The van der Waals surface area contributed by atoms with Crippen LogP contribution in [0.25, 0.3) is 0 Å². The van der Waals surface area contributed by atoms with Crippen molar-refractivity contribution >= 4 is 34.7 Å². The molecule has 0 saturated carbocycles. The Kier molecular flexibility index (Phi) is 2.60. The summed E-state index contributed by atoms with van der Waals surface area (Å²) < 4.78 is 0. The fourth-order valence-corrected chi connectivity index (χ4v) is 2.00. The fourth-order valence-electron chi connectivity index (χ4n) is 1.85. The summed E-state index contributed by atoms with van der Waals surface area (Å²) >= 11 is 5.96. The van der Waals surface area contributed by atoms with Crippen LogP contribution in [0, 0.1) is 0 Å². The SMILES string of the molecule is O=C1Cc2cc(Nc3ncncc3Cl)ccc2N1. The van der Waals surface area contributed by atoms with Gasteiger partial charge in [-0.15, -0.1) is 0 Å². The summed E-state index contributed by atoms with van der Waals surface area (Å²) in [5.74, 6) is 0.561. The van der Waals surface area contributed by atoms with Gasteiger partial charge in [0.15, 0.2) is 5.82 Å². The molecule has 18 heavy (non-hydrogen) atoms. The summed E-state index contributed by atoms with van der Waals surface area (Å²) in [6.07, 6.45) is 3.35. The summed E-state index contributed by atoms with van der Waals surface area (Å²) in [5, 5.41) is 6.33. The highest BCUT2D eigenvalue weighted by molar-refractivity contribution is 6.32. The normalized spacial score (nSPS) is 13.1. The molecule has 0 bridgehead atoms. The predicted octanol–water partition coefficient (Wildman–Crippen LogP) is 2.37. The lowest BCUT2D eigenvalue weighted by Crippen LogP contribution is -2.03. The van der Waals surface area contributed by atoms with Crippen molar-refractivity contribution in [1.29, 1.82) is 0 Å². The van der Waals surface area contributed by atoms with E-state index >= 15 is 0 Å². The molecule has 1 aliphatic rings. The summed E-state index contributed by atoms with van der Waals surface area (Å²) in [5.41, 5.74) is 2.67. The maximum atomic E-state index is 11.3. The molecule has 90 valence electrons. The topological polar surface area (TPSA) is 66.9 Å². The van der Waals surface area contributed by atoms with Gasteiger partial charge in [0.1, 0.15) is 11.3 Å². The summed E-state index contributed by atoms with van der Waals surface area (Å²) in [4.78, 5) is 19.1. The number of halogens is 1. The Hall–Kier alpha value is -2.14. The van der Waals surface area contributed by atoms with Gasteiger partial charge in [-0.3, -0.25) is 4.79 Å². The molecule has 3 rings (SSSR count). The maximum absolute atomic E-state index is 11.3. The Balaban J connectivity index is 1.89. The van der Waals surface area contributed by atoms with Gasteiger partial charge in [0.25, 0.3) is 0 Å². The Labute approximate surface area is 108 Å². The standard InChI is InChI=1S/C12H9ClN4O/c13-9-5-14-6-15-12(9)16-8-1-2-10-7(3-8)4-11(18)17-10/h1-3,5-6H,4H2,(H,17,18)(H,14,15,16). The Morgan fingerprint density at radius 1 is 1.39 bits per heavy atom. The van der Waals surface area contributed by atoms with Gasteiger partial charge in [0.2, 0.25) is 5.91 Å². The molecule has 1 amide bonds. The number of carbonyl (C=O) groups excluding carboxylic acids is 1. The van der Waals surface area contributed by atoms with E-state index in [0.29, 0.717) is 17.3 Å². The number of amides is 1. The second kappa shape index (κ2) is 4.27. The highest BCUT2D eigenvalue weighted by atomic mass is 35.5. The lowest BCUT2D eigenvalue weighted by molar-refractivity contribution is -0.115. The zero-order valence-electron chi connectivity index (χ0n) is 9.27. The minimum absolute atomic E-state index is 0.0159. The minimum atomic E-state index is 0.0159. The van der Waals surface area contributed by atoms with E-state index in [1.807, 2.05) is 18.2 Å². The van der Waals surface area contributed by atoms with E-state index in [2.05, 4.69) is 20.6 Å². The molecule has 1 aliphatic heterocycles. The molecule has 0 saturated heterocycles. The number of hydrogen-bond acceptors (Lipinski definition) is 4. The number of carbonyl (C=O) groups is 1. The Bertz CT molecular complexity index is 629. The van der Waals surface area contributed by atoms with E-state index in [4.69, 9.17) is 11.6 Å². The van der Waals surface area contributed by atoms with Gasteiger partial charge in [-0.25, -0.2) is 9.97 Å². The van der Waals surface area contributed by atoms with Crippen molar-refractivity contribution in [2.45, 2.75) is 6.42 Å². The van der Waals surface area contributed by atoms with E-state index < -0.39 is 0 Å². The predicted molar refractivity (Wildman–Crippen MR) is 69.1 cm³/mol. The molecule has 0 fully saturated rings. The van der Waals surface area contributed by atoms with Gasteiger partial charge in [-0.1, -0.05) is 11.6 Å². The zero-order valence-corrected chi connectivity index (χ0v) is 10.0. The molecule has 2 heterocycles. The third-order valence-electron chi connectivity index (χ3n) is 2.66. The summed E-state index contributed by atoms with van der Waals surface area (Å²) in [6, 6.07) is 5.63. The van der Waals surface area contributed by atoms with Crippen molar-refractivity contribution in [3.8, 4) is 0 Å². The zero-order chi connectivity index (χ0) is 12.5. The second-order valence-electron chi connectivity index (χ2n) is 3.94. The van der Waals surface area contributed by atoms with Crippen LogP contribution in [0.3, 0.4) is 0 Å². The average Bonchev–Trinajstić information content (AvgIpc) is 2.71. The van der Waals surface area contributed by atoms with E-state index in [9.17, 15) is 4.79 Å². The average molecular weight is 261 g/mol. The third-order valence-corrected chi connectivity index (χ3v) is 2.94. The van der Waals surface area contributed by atoms with Crippen LogP contribution < -0.4 is 10.6 Å². The van der Waals surface area contributed by atoms with Crippen LogP contribution in [0.5, 0.6) is 0 Å². The monoisotopic (exact) mass is 260 g/mol. The number of aromatic nitrogens is 2. The molecule has 1 aromatic heterocycles. The Morgan fingerprint density at radius 3 is 3.11 bits per heavy atom. The van der Waals surface area contributed by atoms with Crippen LogP contribution in [0.15, 0.2) is 30.7 Å². The van der Waals surface area contributed by atoms with Gasteiger partial charge in [-0.2, -0.15) is 0 Å². The minimum Gasteiger partial charge on any atom is -0.339 e. The molecule has 2 aromatic rings.